The molecule has 0 fully saturated rings. The van der Waals surface area contributed by atoms with Gasteiger partial charge < -0.3 is 4.90 Å². The average molecular weight is 845 g/mol. The summed E-state index contributed by atoms with van der Waals surface area (Å²) in [7, 11) is 0. The summed E-state index contributed by atoms with van der Waals surface area (Å²) in [5, 5.41) is 2.49. The molecule has 4 heteroatoms. The third-order valence-corrected chi connectivity index (χ3v) is 13.3. The highest BCUT2D eigenvalue weighted by Crippen LogP contribution is 2.56. The smallest absolute Gasteiger partial charge is 0.164 e. The Balaban J connectivity index is 0.918. The number of hydrogen-bond acceptors (Lipinski definition) is 4. The van der Waals surface area contributed by atoms with Crippen molar-refractivity contribution in [3.8, 4) is 45.3 Å². The summed E-state index contributed by atoms with van der Waals surface area (Å²) in [5.41, 5.74) is 14.6. The Bertz CT molecular complexity index is 3320. The van der Waals surface area contributed by atoms with E-state index in [9.17, 15) is 0 Å². The van der Waals surface area contributed by atoms with Crippen LogP contribution in [-0.4, -0.2) is 21.0 Å². The van der Waals surface area contributed by atoms with Crippen LogP contribution >= 0.6 is 0 Å². The lowest BCUT2D eigenvalue weighted by Gasteiger charge is -2.34. The number of nitrogens with zero attached hydrogens (tertiary/aromatic N) is 4. The van der Waals surface area contributed by atoms with Gasteiger partial charge in [-0.05, 0) is 74.5 Å². The van der Waals surface area contributed by atoms with Crippen molar-refractivity contribution >= 4 is 27.7 Å². The molecule has 0 saturated heterocycles. The summed E-state index contributed by atoms with van der Waals surface area (Å²) >= 11 is 0. The van der Waals surface area contributed by atoms with E-state index in [1.165, 1.54) is 66.7 Å². The lowest BCUT2D eigenvalue weighted by Crippen LogP contribution is -2.30. The quantitative estimate of drug-likeness (QED) is 0.145. The number of hydrogen-bond donors (Lipinski definition) is 0. The van der Waals surface area contributed by atoms with Gasteiger partial charge in [-0.15, -0.1) is 0 Å². The van der Waals surface area contributed by atoms with Crippen molar-refractivity contribution in [3.63, 3.8) is 0 Å². The Morgan fingerprint density at radius 3 is 1.44 bits per heavy atom. The van der Waals surface area contributed by atoms with E-state index < -0.39 is 5.41 Å². The van der Waals surface area contributed by atoms with E-state index in [0.29, 0.717) is 17.5 Å². The van der Waals surface area contributed by atoms with Crippen LogP contribution in [0, 0.1) is 0 Å². The van der Waals surface area contributed by atoms with E-state index in [0.717, 1.165) is 23.1 Å². The zero-order valence-corrected chi connectivity index (χ0v) is 36.2. The first-order chi connectivity index (χ1) is 32.7. The summed E-state index contributed by atoms with van der Waals surface area (Å²) in [6.07, 6.45) is 7.97. The largest absolute Gasteiger partial charge is 0.334 e. The first-order valence-electron chi connectivity index (χ1n) is 22.7. The van der Waals surface area contributed by atoms with Gasteiger partial charge in [0.25, 0.3) is 0 Å². The number of aromatic nitrogens is 3. The first kappa shape index (κ1) is 39.1. The van der Waals surface area contributed by atoms with Crippen molar-refractivity contribution < 1.29 is 0 Å². The summed E-state index contributed by atoms with van der Waals surface area (Å²) in [5.74, 6) is 1.94. The second-order valence-electron chi connectivity index (χ2n) is 17.1. The van der Waals surface area contributed by atoms with Crippen LogP contribution in [0.2, 0.25) is 0 Å². The highest BCUT2D eigenvalue weighted by atomic mass is 15.2. The van der Waals surface area contributed by atoms with Crippen molar-refractivity contribution in [2.75, 3.05) is 4.90 Å². The van der Waals surface area contributed by atoms with Gasteiger partial charge in [0, 0.05) is 33.5 Å². The fourth-order valence-corrected chi connectivity index (χ4v) is 10.3. The average Bonchev–Trinajstić information content (AvgIpc) is 3.71. The molecule has 0 amide bonds. The Morgan fingerprint density at radius 1 is 0.409 bits per heavy atom. The molecule has 0 bridgehead atoms. The van der Waals surface area contributed by atoms with E-state index in [-0.39, 0.29) is 6.04 Å². The normalized spacial score (nSPS) is 14.6. The molecule has 2 aliphatic rings. The van der Waals surface area contributed by atoms with E-state index >= 15 is 0 Å². The Kier molecular flexibility index (Phi) is 9.84. The van der Waals surface area contributed by atoms with Crippen LogP contribution in [0.15, 0.2) is 249 Å². The molecule has 0 spiro atoms. The maximum Gasteiger partial charge on any atom is 0.164 e. The molecular formula is C62H44N4. The van der Waals surface area contributed by atoms with Crippen LogP contribution < -0.4 is 4.90 Å². The van der Waals surface area contributed by atoms with Gasteiger partial charge in [0.1, 0.15) is 0 Å². The summed E-state index contributed by atoms with van der Waals surface area (Å²) < 4.78 is 0. The Hall–Kier alpha value is -8.47. The van der Waals surface area contributed by atoms with E-state index in [1.807, 2.05) is 60.7 Å². The fourth-order valence-electron chi connectivity index (χ4n) is 10.3. The lowest BCUT2D eigenvalue weighted by molar-refractivity contribution is 0.768. The van der Waals surface area contributed by atoms with Crippen LogP contribution in [0.1, 0.15) is 34.2 Å². The van der Waals surface area contributed by atoms with Gasteiger partial charge >= 0.3 is 0 Å². The van der Waals surface area contributed by atoms with Gasteiger partial charge in [-0.3, -0.25) is 0 Å². The van der Waals surface area contributed by atoms with E-state index in [4.69, 9.17) is 15.0 Å². The lowest BCUT2D eigenvalue weighted by atomic mass is 9.67. The van der Waals surface area contributed by atoms with Gasteiger partial charge in [-0.2, -0.15) is 0 Å². The standard InChI is InChI=1S/C62H44N4/c1-4-18-46(19-5-1)59-63-60(47-20-6-2-7-21-47)65-61(64-59)48-33-39-50(40-34-48)62(56-28-14-12-26-54(56)55-27-13-15-29-57(55)62)49-37-31-43(32-38-49)44-35-41-52(42-36-44)66(51-23-8-3-9-24-51)58-30-16-22-45-17-10-11-25-53(45)58/h1-41,52H,42H2. The number of rotatable bonds is 9. The van der Waals surface area contributed by atoms with Crippen molar-refractivity contribution in [2.45, 2.75) is 17.9 Å². The molecule has 0 radical (unpaired) electrons. The summed E-state index contributed by atoms with van der Waals surface area (Å²) in [6, 6.07) is 82.6. The maximum atomic E-state index is 5.05. The van der Waals surface area contributed by atoms with Crippen molar-refractivity contribution in [1.82, 2.24) is 15.0 Å². The van der Waals surface area contributed by atoms with Gasteiger partial charge in [0.2, 0.25) is 0 Å². The van der Waals surface area contributed by atoms with Gasteiger partial charge in [0.15, 0.2) is 17.5 Å². The topological polar surface area (TPSA) is 41.9 Å². The number of benzene rings is 9. The monoisotopic (exact) mass is 844 g/mol. The molecule has 2 aliphatic carbocycles. The third kappa shape index (κ3) is 6.74. The van der Waals surface area contributed by atoms with Gasteiger partial charge in [-0.25, -0.2) is 15.0 Å². The molecule has 0 aliphatic heterocycles. The minimum atomic E-state index is -0.551. The maximum absolute atomic E-state index is 5.05. The molecule has 12 rings (SSSR count). The number of fused-ring (bicyclic) bond motifs is 4. The molecule has 4 nitrogen and oxygen atoms in total. The van der Waals surface area contributed by atoms with Crippen LogP contribution in [-0.2, 0) is 5.41 Å². The van der Waals surface area contributed by atoms with Crippen LogP contribution in [0.25, 0.3) is 61.6 Å². The number of para-hydroxylation sites is 1. The second-order valence-corrected chi connectivity index (χ2v) is 17.1. The Labute approximate surface area is 385 Å². The molecule has 0 saturated carbocycles. The fraction of sp³-hybridized carbons (Fsp3) is 0.0484. The highest BCUT2D eigenvalue weighted by molar-refractivity contribution is 5.97. The zero-order chi connectivity index (χ0) is 43.9. The molecule has 66 heavy (non-hydrogen) atoms. The molecule has 312 valence electrons. The molecule has 1 atom stereocenters. The number of anilines is 2. The molecule has 1 unspecified atom stereocenters. The SMILES string of the molecule is C1=CC(N(c2ccccc2)c2cccc3ccccc23)CC=C1c1ccc(C2(c3ccc(-c4nc(-c5ccccc5)nc(-c5ccccc5)n4)cc3)c3ccccc3-c3ccccc32)cc1. The summed E-state index contributed by atoms with van der Waals surface area (Å²) in [4.78, 5) is 17.5. The van der Waals surface area contributed by atoms with Gasteiger partial charge in [-0.1, -0.05) is 231 Å². The predicted octanol–water partition coefficient (Wildman–Crippen LogP) is 14.9. The molecule has 9 aromatic carbocycles. The zero-order valence-electron chi connectivity index (χ0n) is 36.2. The molecule has 0 N–H and O–H groups in total. The van der Waals surface area contributed by atoms with Crippen LogP contribution in [0.5, 0.6) is 0 Å². The van der Waals surface area contributed by atoms with Crippen molar-refractivity contribution in [2.24, 2.45) is 0 Å². The highest BCUT2D eigenvalue weighted by Gasteiger charge is 2.46. The van der Waals surface area contributed by atoms with Crippen molar-refractivity contribution in [3.05, 3.63) is 277 Å². The molecule has 1 heterocycles. The Morgan fingerprint density at radius 2 is 0.879 bits per heavy atom. The number of allylic oxidation sites excluding steroid dienone is 2. The second kappa shape index (κ2) is 16.6. The first-order valence-corrected chi connectivity index (χ1v) is 22.7. The minimum absolute atomic E-state index is 0.159. The van der Waals surface area contributed by atoms with Crippen molar-refractivity contribution in [1.29, 1.82) is 0 Å². The van der Waals surface area contributed by atoms with Crippen LogP contribution in [0.3, 0.4) is 0 Å². The predicted molar refractivity (Wildman–Crippen MR) is 271 cm³/mol. The minimum Gasteiger partial charge on any atom is -0.334 e. The van der Waals surface area contributed by atoms with Gasteiger partial charge in [0.05, 0.1) is 11.5 Å². The molecule has 1 aromatic heterocycles. The van der Waals surface area contributed by atoms with Crippen LogP contribution in [0.4, 0.5) is 11.4 Å². The summed E-state index contributed by atoms with van der Waals surface area (Å²) in [6.45, 7) is 0. The molecule has 10 aromatic rings. The van der Waals surface area contributed by atoms with E-state index in [1.54, 1.807) is 0 Å². The third-order valence-electron chi connectivity index (χ3n) is 13.3. The van der Waals surface area contributed by atoms with E-state index in [2.05, 4.69) is 193 Å². The molecular weight excluding hydrogens is 801 g/mol.